The van der Waals surface area contributed by atoms with Gasteiger partial charge in [0.05, 0.1) is 22.9 Å². The molecule has 0 bridgehead atoms. The Bertz CT molecular complexity index is 94.9. The van der Waals surface area contributed by atoms with E-state index in [4.69, 9.17) is 5.11 Å². The summed E-state index contributed by atoms with van der Waals surface area (Å²) < 4.78 is 1.53. The maximum absolute atomic E-state index is 8.68. The van der Waals surface area contributed by atoms with Crippen molar-refractivity contribution in [2.45, 2.75) is 6.35 Å². The molecule has 0 fully saturated rings. The fourth-order valence-electron chi connectivity index (χ4n) is 0.273. The molecule has 4 nitrogen and oxygen atoms in total. The number of hydrogen-bond acceptors (Lipinski definition) is 4. The SMILES string of the molecule is OC1NN=CN1I. The Morgan fingerprint density at radius 3 is 2.86 bits per heavy atom. The van der Waals surface area contributed by atoms with E-state index in [-0.39, 0.29) is 0 Å². The van der Waals surface area contributed by atoms with Crippen molar-refractivity contribution in [2.24, 2.45) is 5.10 Å². The first kappa shape index (κ1) is 5.10. The molecule has 1 rings (SSSR count). The number of nitrogens with zero attached hydrogens (tertiary/aromatic N) is 2. The molecule has 7 heavy (non-hydrogen) atoms. The second-order valence-electron chi connectivity index (χ2n) is 1.09. The highest BCUT2D eigenvalue weighted by Gasteiger charge is 2.11. The molecule has 1 aliphatic heterocycles. The normalized spacial score (nSPS) is 28.3. The lowest BCUT2D eigenvalue weighted by molar-refractivity contribution is 0.101. The second-order valence-corrected chi connectivity index (χ2v) is 2.21. The molecule has 2 N–H and O–H groups in total. The second kappa shape index (κ2) is 1.83. The molecule has 0 saturated carbocycles. The Morgan fingerprint density at radius 1 is 2.00 bits per heavy atom. The Balaban J connectivity index is 2.45. The number of rotatable bonds is 0. The minimum atomic E-state index is -0.638. The van der Waals surface area contributed by atoms with Crippen molar-refractivity contribution >= 4 is 29.2 Å². The first-order valence-electron chi connectivity index (χ1n) is 1.71. The first-order valence-corrected chi connectivity index (χ1v) is 2.68. The van der Waals surface area contributed by atoms with Crippen LogP contribution in [0.4, 0.5) is 0 Å². The highest BCUT2D eigenvalue weighted by molar-refractivity contribution is 14.1. The minimum absolute atomic E-state index is 0.638. The van der Waals surface area contributed by atoms with Crippen molar-refractivity contribution in [3.63, 3.8) is 0 Å². The molecule has 5 heteroatoms. The van der Waals surface area contributed by atoms with E-state index in [0.29, 0.717) is 0 Å². The number of halogens is 1. The molecule has 0 aromatic carbocycles. The highest BCUT2D eigenvalue weighted by Crippen LogP contribution is 2.01. The fourth-order valence-corrected chi connectivity index (χ4v) is 0.523. The summed E-state index contributed by atoms with van der Waals surface area (Å²) in [6.45, 7) is 0. The van der Waals surface area contributed by atoms with Crippen LogP contribution in [0.2, 0.25) is 0 Å². The Labute approximate surface area is 54.7 Å². The van der Waals surface area contributed by atoms with Gasteiger partial charge in [-0.1, -0.05) is 0 Å². The Morgan fingerprint density at radius 2 is 2.71 bits per heavy atom. The topological polar surface area (TPSA) is 47.9 Å². The molecule has 0 spiro atoms. The van der Waals surface area contributed by atoms with E-state index in [1.54, 1.807) is 0 Å². The van der Waals surface area contributed by atoms with E-state index in [2.05, 4.69) is 10.5 Å². The van der Waals surface area contributed by atoms with Gasteiger partial charge in [-0.15, -0.1) is 0 Å². The molecular weight excluding hydrogens is 209 g/mol. The van der Waals surface area contributed by atoms with E-state index in [0.717, 1.165) is 0 Å². The van der Waals surface area contributed by atoms with Crippen LogP contribution in [-0.4, -0.2) is 20.9 Å². The molecule has 0 amide bonds. The number of hydrazone groups is 1. The highest BCUT2D eigenvalue weighted by atomic mass is 127. The average Bonchev–Trinajstić information content (AvgIpc) is 1.91. The van der Waals surface area contributed by atoms with Gasteiger partial charge in [0.15, 0.2) is 0 Å². The number of nitrogens with one attached hydrogen (secondary N) is 1. The predicted octanol–water partition coefficient (Wildman–Crippen LogP) is -0.539. The van der Waals surface area contributed by atoms with Crippen LogP contribution in [0, 0.1) is 0 Å². The van der Waals surface area contributed by atoms with Crippen molar-refractivity contribution in [1.29, 1.82) is 0 Å². The summed E-state index contributed by atoms with van der Waals surface area (Å²) in [5.74, 6) is 0. The third kappa shape index (κ3) is 0.942. The first-order chi connectivity index (χ1) is 3.30. The summed E-state index contributed by atoms with van der Waals surface area (Å²) in [6, 6.07) is 0. The molecule has 0 aromatic heterocycles. The molecule has 1 heterocycles. The average molecular weight is 213 g/mol. The molecule has 0 aromatic rings. The van der Waals surface area contributed by atoms with E-state index < -0.39 is 6.35 Å². The van der Waals surface area contributed by atoms with Crippen molar-refractivity contribution in [2.75, 3.05) is 0 Å². The van der Waals surface area contributed by atoms with Gasteiger partial charge in [-0.2, -0.15) is 5.10 Å². The lowest BCUT2D eigenvalue weighted by Crippen LogP contribution is -2.28. The Kier molecular flexibility index (Phi) is 1.33. The largest absolute Gasteiger partial charge is 0.355 e. The molecule has 0 saturated heterocycles. The monoisotopic (exact) mass is 213 g/mol. The third-order valence-corrected chi connectivity index (χ3v) is 1.37. The Hall–Kier alpha value is -0.0400. The van der Waals surface area contributed by atoms with Gasteiger partial charge in [0.1, 0.15) is 6.34 Å². The van der Waals surface area contributed by atoms with Crippen LogP contribution in [0.3, 0.4) is 0 Å². The molecule has 1 unspecified atom stereocenters. The van der Waals surface area contributed by atoms with E-state index >= 15 is 0 Å². The van der Waals surface area contributed by atoms with Crippen LogP contribution in [-0.2, 0) is 0 Å². The van der Waals surface area contributed by atoms with Crippen LogP contribution < -0.4 is 5.43 Å². The summed E-state index contributed by atoms with van der Waals surface area (Å²) in [6.07, 6.45) is 0.867. The summed E-state index contributed by atoms with van der Waals surface area (Å²) in [4.78, 5) is 0. The van der Waals surface area contributed by atoms with Crippen LogP contribution in [0.5, 0.6) is 0 Å². The molecular formula is C2H4IN3O. The number of hydrogen-bond donors (Lipinski definition) is 2. The van der Waals surface area contributed by atoms with Crippen LogP contribution >= 0.6 is 22.9 Å². The molecule has 0 aliphatic carbocycles. The van der Waals surface area contributed by atoms with Crippen LogP contribution in [0.25, 0.3) is 0 Å². The summed E-state index contributed by atoms with van der Waals surface area (Å²) in [5, 5.41) is 12.2. The van der Waals surface area contributed by atoms with Crippen LogP contribution in [0.15, 0.2) is 5.10 Å². The molecule has 1 atom stereocenters. The van der Waals surface area contributed by atoms with Gasteiger partial charge in [0.2, 0.25) is 6.35 Å². The zero-order chi connectivity index (χ0) is 5.28. The smallest absolute Gasteiger partial charge is 0.229 e. The molecule has 1 aliphatic rings. The maximum atomic E-state index is 8.68. The lowest BCUT2D eigenvalue weighted by atomic mass is 11.0. The van der Waals surface area contributed by atoms with Gasteiger partial charge >= 0.3 is 0 Å². The van der Waals surface area contributed by atoms with Crippen molar-refractivity contribution in [3.8, 4) is 0 Å². The third-order valence-electron chi connectivity index (χ3n) is 0.592. The zero-order valence-corrected chi connectivity index (χ0v) is 5.53. The van der Waals surface area contributed by atoms with Gasteiger partial charge in [-0.05, 0) is 0 Å². The van der Waals surface area contributed by atoms with Crippen molar-refractivity contribution < 1.29 is 5.11 Å². The van der Waals surface area contributed by atoms with Crippen LogP contribution in [0.1, 0.15) is 0 Å². The van der Waals surface area contributed by atoms with Gasteiger partial charge in [0.25, 0.3) is 0 Å². The molecule has 40 valence electrons. The van der Waals surface area contributed by atoms with Gasteiger partial charge < -0.3 is 5.11 Å². The quantitative estimate of drug-likeness (QED) is 0.419. The molecule has 0 radical (unpaired) electrons. The fraction of sp³-hybridized carbons (Fsp3) is 0.500. The van der Waals surface area contributed by atoms with Gasteiger partial charge in [-0.3, -0.25) is 8.54 Å². The van der Waals surface area contributed by atoms with Gasteiger partial charge in [0, 0.05) is 0 Å². The van der Waals surface area contributed by atoms with Crippen molar-refractivity contribution in [1.82, 2.24) is 8.54 Å². The van der Waals surface area contributed by atoms with Gasteiger partial charge in [-0.25, -0.2) is 0 Å². The predicted molar refractivity (Wildman–Crippen MR) is 33.5 cm³/mol. The summed E-state index contributed by atoms with van der Waals surface area (Å²) >= 11 is 1.93. The standard InChI is InChI=1S/C2H4IN3O/c3-6-1-4-5-2(6)7/h1-2,5,7H. The van der Waals surface area contributed by atoms with E-state index in [1.807, 2.05) is 22.9 Å². The maximum Gasteiger partial charge on any atom is 0.229 e. The lowest BCUT2D eigenvalue weighted by Gasteiger charge is -2.07. The summed E-state index contributed by atoms with van der Waals surface area (Å²) in [7, 11) is 0. The van der Waals surface area contributed by atoms with E-state index in [1.165, 1.54) is 9.45 Å². The minimum Gasteiger partial charge on any atom is -0.355 e. The number of aliphatic hydroxyl groups is 1. The van der Waals surface area contributed by atoms with Crippen molar-refractivity contribution in [3.05, 3.63) is 0 Å². The summed E-state index contributed by atoms with van der Waals surface area (Å²) in [5.41, 5.74) is 2.41. The zero-order valence-electron chi connectivity index (χ0n) is 3.37. The van der Waals surface area contributed by atoms with E-state index in [9.17, 15) is 0 Å². The number of aliphatic hydroxyl groups excluding tert-OH is 1.